The van der Waals surface area contributed by atoms with E-state index in [2.05, 4.69) is 5.32 Å². The number of aliphatic carboxylic acids is 1. The average molecular weight is 377 g/mol. The Bertz CT molecular complexity index is 688. The number of likely N-dealkylation sites (N-methyl/N-ethyl adjacent to an activating group) is 1. The van der Waals surface area contributed by atoms with E-state index in [0.29, 0.717) is 5.02 Å². The molecule has 1 atom stereocenters. The van der Waals surface area contributed by atoms with Gasteiger partial charge in [0.25, 0.3) is 0 Å². The summed E-state index contributed by atoms with van der Waals surface area (Å²) in [4.78, 5) is 23.1. The average Bonchev–Trinajstić information content (AvgIpc) is 2.46. The van der Waals surface area contributed by atoms with Crippen molar-refractivity contribution in [2.45, 2.75) is 31.2 Å². The van der Waals surface area contributed by atoms with Crippen molar-refractivity contribution < 1.29 is 23.1 Å². The summed E-state index contributed by atoms with van der Waals surface area (Å²) in [5, 5.41) is 11.9. The highest BCUT2D eigenvalue weighted by molar-refractivity contribution is 7.89. The maximum Gasteiger partial charge on any atom is 0.326 e. The summed E-state index contributed by atoms with van der Waals surface area (Å²) in [6, 6.07) is 4.50. The molecule has 0 fully saturated rings. The maximum atomic E-state index is 12.4. The third-order valence-corrected chi connectivity index (χ3v) is 5.30. The van der Waals surface area contributed by atoms with Gasteiger partial charge in [0.05, 0.1) is 11.4 Å². The number of carboxylic acids is 1. The molecule has 9 heteroatoms. The number of sulfonamides is 1. The third kappa shape index (κ3) is 5.77. The van der Waals surface area contributed by atoms with Gasteiger partial charge in [-0.2, -0.15) is 4.31 Å². The van der Waals surface area contributed by atoms with Crippen molar-refractivity contribution >= 4 is 33.5 Å². The fourth-order valence-electron chi connectivity index (χ4n) is 2.01. The second kappa shape index (κ2) is 8.46. The fourth-order valence-corrected chi connectivity index (χ4v) is 3.26. The van der Waals surface area contributed by atoms with E-state index in [-0.39, 0.29) is 17.2 Å². The first-order chi connectivity index (χ1) is 11.0. The Balaban J connectivity index is 2.78. The lowest BCUT2D eigenvalue weighted by molar-refractivity contribution is -0.142. The molecule has 1 aromatic rings. The quantitative estimate of drug-likeness (QED) is 0.716. The Kier molecular flexibility index (Phi) is 7.19. The van der Waals surface area contributed by atoms with Gasteiger partial charge in [-0.25, -0.2) is 13.2 Å². The largest absolute Gasteiger partial charge is 0.480 e. The zero-order chi connectivity index (χ0) is 18.5. The standard InChI is InChI=1S/C15H21ClN2O5S/c1-10(2)8-13(15(20)21)17-14(19)9-18(3)24(22,23)12-6-4-11(16)5-7-12/h4-7,10,13H,8-9H2,1-3H3,(H,17,19)(H,20,21)/t13-/m0/s1. The van der Waals surface area contributed by atoms with Crippen molar-refractivity contribution in [2.75, 3.05) is 13.6 Å². The van der Waals surface area contributed by atoms with Crippen molar-refractivity contribution in [3.63, 3.8) is 0 Å². The number of halogens is 1. The fraction of sp³-hybridized carbons (Fsp3) is 0.467. The van der Waals surface area contributed by atoms with Crippen LogP contribution in [0.2, 0.25) is 5.02 Å². The molecule has 0 bridgehead atoms. The summed E-state index contributed by atoms with van der Waals surface area (Å²) in [5.41, 5.74) is 0. The molecule has 7 nitrogen and oxygen atoms in total. The van der Waals surface area contributed by atoms with Crippen LogP contribution in [0.25, 0.3) is 0 Å². The molecule has 0 unspecified atom stereocenters. The Morgan fingerprint density at radius 2 is 1.79 bits per heavy atom. The first-order valence-electron chi connectivity index (χ1n) is 7.28. The minimum absolute atomic E-state index is 0.000773. The molecule has 1 rings (SSSR count). The van der Waals surface area contributed by atoms with Gasteiger partial charge in [-0.05, 0) is 36.6 Å². The summed E-state index contributed by atoms with van der Waals surface area (Å²) < 4.78 is 25.6. The topological polar surface area (TPSA) is 104 Å². The van der Waals surface area contributed by atoms with Crippen molar-refractivity contribution in [1.29, 1.82) is 0 Å². The van der Waals surface area contributed by atoms with Crippen LogP contribution in [0.4, 0.5) is 0 Å². The van der Waals surface area contributed by atoms with E-state index in [0.717, 1.165) is 4.31 Å². The molecule has 0 heterocycles. The van der Waals surface area contributed by atoms with Crippen LogP contribution in [-0.2, 0) is 19.6 Å². The number of carbonyl (C=O) groups excluding carboxylic acids is 1. The van der Waals surface area contributed by atoms with E-state index in [1.165, 1.54) is 31.3 Å². The third-order valence-electron chi connectivity index (χ3n) is 3.23. The van der Waals surface area contributed by atoms with Gasteiger partial charge in [0.2, 0.25) is 15.9 Å². The summed E-state index contributed by atoms with van der Waals surface area (Å²) >= 11 is 5.73. The molecule has 0 saturated heterocycles. The van der Waals surface area contributed by atoms with Gasteiger partial charge in [0.1, 0.15) is 6.04 Å². The van der Waals surface area contributed by atoms with Crippen LogP contribution < -0.4 is 5.32 Å². The molecule has 0 aliphatic carbocycles. The smallest absolute Gasteiger partial charge is 0.326 e. The molecule has 0 aliphatic heterocycles. The summed E-state index contributed by atoms with van der Waals surface area (Å²) in [6.07, 6.45) is 0.259. The molecule has 0 aliphatic rings. The van der Waals surface area contributed by atoms with Crippen molar-refractivity contribution in [3.05, 3.63) is 29.3 Å². The van der Waals surface area contributed by atoms with E-state index >= 15 is 0 Å². The van der Waals surface area contributed by atoms with Crippen LogP contribution in [0.3, 0.4) is 0 Å². The number of nitrogens with one attached hydrogen (secondary N) is 1. The number of amides is 1. The Hall–Kier alpha value is -1.64. The zero-order valence-electron chi connectivity index (χ0n) is 13.7. The monoisotopic (exact) mass is 376 g/mol. The lowest BCUT2D eigenvalue weighted by Crippen LogP contribution is -2.46. The number of rotatable bonds is 8. The van der Waals surface area contributed by atoms with Gasteiger partial charge in [0.15, 0.2) is 0 Å². The Morgan fingerprint density at radius 1 is 1.25 bits per heavy atom. The van der Waals surface area contributed by atoms with Crippen LogP contribution >= 0.6 is 11.6 Å². The number of nitrogens with zero attached hydrogens (tertiary/aromatic N) is 1. The Labute approximate surface area is 146 Å². The molecule has 0 radical (unpaired) electrons. The molecule has 1 amide bonds. The summed E-state index contributed by atoms with van der Waals surface area (Å²) in [7, 11) is -2.61. The van der Waals surface area contributed by atoms with Crippen molar-refractivity contribution in [2.24, 2.45) is 5.92 Å². The van der Waals surface area contributed by atoms with Gasteiger partial charge in [0, 0.05) is 12.1 Å². The van der Waals surface area contributed by atoms with Gasteiger partial charge < -0.3 is 10.4 Å². The Morgan fingerprint density at radius 3 is 2.25 bits per heavy atom. The molecular formula is C15H21ClN2O5S. The lowest BCUT2D eigenvalue weighted by atomic mass is 10.0. The maximum absolute atomic E-state index is 12.4. The highest BCUT2D eigenvalue weighted by Crippen LogP contribution is 2.17. The molecule has 2 N–H and O–H groups in total. The van der Waals surface area contributed by atoms with Gasteiger partial charge in [-0.1, -0.05) is 25.4 Å². The van der Waals surface area contributed by atoms with Crippen LogP contribution in [0.15, 0.2) is 29.2 Å². The van der Waals surface area contributed by atoms with E-state index in [1.54, 1.807) is 0 Å². The zero-order valence-corrected chi connectivity index (χ0v) is 15.3. The molecular weight excluding hydrogens is 356 g/mol. The summed E-state index contributed by atoms with van der Waals surface area (Å²) in [5.74, 6) is -1.76. The normalized spacial score (nSPS) is 13.1. The van der Waals surface area contributed by atoms with E-state index < -0.39 is 34.5 Å². The second-order valence-electron chi connectivity index (χ2n) is 5.80. The molecule has 0 aromatic heterocycles. The SMILES string of the molecule is CC(C)C[C@H](NC(=O)CN(C)S(=O)(=O)c1ccc(Cl)cc1)C(=O)O. The molecule has 1 aromatic carbocycles. The molecule has 0 spiro atoms. The van der Waals surface area contributed by atoms with Gasteiger partial charge >= 0.3 is 5.97 Å². The number of benzene rings is 1. The van der Waals surface area contributed by atoms with Crippen LogP contribution in [0.5, 0.6) is 0 Å². The van der Waals surface area contributed by atoms with E-state index in [1.807, 2.05) is 13.8 Å². The molecule has 24 heavy (non-hydrogen) atoms. The van der Waals surface area contributed by atoms with E-state index in [9.17, 15) is 18.0 Å². The number of carbonyl (C=O) groups is 2. The lowest BCUT2D eigenvalue weighted by Gasteiger charge is -2.20. The minimum atomic E-state index is -3.86. The highest BCUT2D eigenvalue weighted by Gasteiger charge is 2.26. The first-order valence-corrected chi connectivity index (χ1v) is 9.10. The number of hydrogen-bond acceptors (Lipinski definition) is 4. The van der Waals surface area contributed by atoms with Crippen LogP contribution in [0.1, 0.15) is 20.3 Å². The van der Waals surface area contributed by atoms with Gasteiger partial charge in [-0.3, -0.25) is 4.79 Å². The van der Waals surface area contributed by atoms with Crippen LogP contribution in [0, 0.1) is 5.92 Å². The summed E-state index contributed by atoms with van der Waals surface area (Å²) in [6.45, 7) is 3.19. The van der Waals surface area contributed by atoms with Crippen LogP contribution in [-0.4, -0.2) is 49.3 Å². The van der Waals surface area contributed by atoms with Crippen molar-refractivity contribution in [3.8, 4) is 0 Å². The molecule has 134 valence electrons. The molecule has 0 saturated carbocycles. The second-order valence-corrected chi connectivity index (χ2v) is 8.28. The number of carboxylic acid groups (broad SMARTS) is 1. The van der Waals surface area contributed by atoms with E-state index in [4.69, 9.17) is 16.7 Å². The van der Waals surface area contributed by atoms with Gasteiger partial charge in [-0.15, -0.1) is 0 Å². The first kappa shape index (κ1) is 20.4. The minimum Gasteiger partial charge on any atom is -0.480 e. The predicted octanol–water partition coefficient (Wildman–Crippen LogP) is 1.58. The number of hydrogen-bond donors (Lipinski definition) is 2. The van der Waals surface area contributed by atoms with Crippen molar-refractivity contribution in [1.82, 2.24) is 9.62 Å². The predicted molar refractivity (Wildman–Crippen MR) is 90.3 cm³/mol. The highest BCUT2D eigenvalue weighted by atomic mass is 35.5.